The van der Waals surface area contributed by atoms with Gasteiger partial charge in [-0.3, -0.25) is 14.4 Å². The number of carboxylic acid groups (broad SMARTS) is 1. The molecule has 1 unspecified atom stereocenters. The van der Waals surface area contributed by atoms with Gasteiger partial charge in [0.25, 0.3) is 0 Å². The predicted molar refractivity (Wildman–Crippen MR) is 70.5 cm³/mol. The van der Waals surface area contributed by atoms with E-state index in [0.29, 0.717) is 5.56 Å². The molecule has 1 aliphatic heterocycles. The third-order valence-electron chi connectivity index (χ3n) is 3.01. The number of amides is 1. The van der Waals surface area contributed by atoms with Crippen molar-refractivity contribution in [2.75, 3.05) is 6.54 Å². The summed E-state index contributed by atoms with van der Waals surface area (Å²) in [6.07, 6.45) is -0.340. The molecule has 19 heavy (non-hydrogen) atoms. The first-order valence-corrected chi connectivity index (χ1v) is 6.55. The highest BCUT2D eigenvalue weighted by Crippen LogP contribution is 2.28. The van der Waals surface area contributed by atoms with Gasteiger partial charge in [0.15, 0.2) is 5.78 Å². The van der Waals surface area contributed by atoms with Gasteiger partial charge >= 0.3 is 5.97 Å². The average molecular weight is 326 g/mol. The molecule has 2 rings (SSSR count). The van der Waals surface area contributed by atoms with Gasteiger partial charge in [-0.2, -0.15) is 0 Å². The molecule has 0 aliphatic carbocycles. The molecule has 1 atom stereocenters. The number of hydrogen-bond acceptors (Lipinski definition) is 3. The van der Waals surface area contributed by atoms with Gasteiger partial charge in [0.2, 0.25) is 5.91 Å². The number of carbonyl (C=O) groups excluding carboxylic acids is 2. The van der Waals surface area contributed by atoms with E-state index in [1.165, 1.54) is 4.90 Å². The van der Waals surface area contributed by atoms with E-state index in [-0.39, 0.29) is 31.1 Å². The van der Waals surface area contributed by atoms with Crippen molar-refractivity contribution >= 4 is 33.6 Å². The number of hydrogen-bond donors (Lipinski definition) is 1. The van der Waals surface area contributed by atoms with Gasteiger partial charge in [0, 0.05) is 4.47 Å². The van der Waals surface area contributed by atoms with Gasteiger partial charge < -0.3 is 10.0 Å². The Bertz CT molecular complexity index is 526. The SMILES string of the molecule is O=C(O)CC(c1ccc(Br)cc1)N1CC(=O)CC1=O. The van der Waals surface area contributed by atoms with Crippen LogP contribution in [-0.4, -0.2) is 34.2 Å². The van der Waals surface area contributed by atoms with Crippen LogP contribution in [0.2, 0.25) is 0 Å². The number of likely N-dealkylation sites (tertiary alicyclic amines) is 1. The first-order valence-electron chi connectivity index (χ1n) is 5.76. The number of Topliss-reactive ketones (excluding diaryl/α,β-unsaturated/α-hetero) is 1. The maximum atomic E-state index is 11.8. The molecule has 6 heteroatoms. The molecule has 0 bridgehead atoms. The first-order chi connectivity index (χ1) is 8.97. The van der Waals surface area contributed by atoms with Crippen molar-refractivity contribution in [3.63, 3.8) is 0 Å². The summed E-state index contributed by atoms with van der Waals surface area (Å²) >= 11 is 3.30. The Morgan fingerprint density at radius 3 is 2.42 bits per heavy atom. The van der Waals surface area contributed by atoms with Crippen LogP contribution in [0.4, 0.5) is 0 Å². The Labute approximate surface area is 118 Å². The maximum absolute atomic E-state index is 11.8. The van der Waals surface area contributed by atoms with E-state index in [0.717, 1.165) is 4.47 Å². The number of benzene rings is 1. The molecule has 5 nitrogen and oxygen atoms in total. The van der Waals surface area contributed by atoms with Crippen LogP contribution in [-0.2, 0) is 14.4 Å². The molecule has 0 radical (unpaired) electrons. The fourth-order valence-electron chi connectivity index (χ4n) is 2.15. The molecule has 100 valence electrons. The van der Waals surface area contributed by atoms with Gasteiger partial charge in [-0.05, 0) is 17.7 Å². The lowest BCUT2D eigenvalue weighted by Crippen LogP contribution is -2.32. The molecule has 1 heterocycles. The summed E-state index contributed by atoms with van der Waals surface area (Å²) in [4.78, 5) is 35.4. The largest absolute Gasteiger partial charge is 0.481 e. The van der Waals surface area contributed by atoms with E-state index < -0.39 is 12.0 Å². The highest BCUT2D eigenvalue weighted by molar-refractivity contribution is 9.10. The molecule has 1 N–H and O–H groups in total. The minimum absolute atomic E-state index is 0.00710. The maximum Gasteiger partial charge on any atom is 0.305 e. The summed E-state index contributed by atoms with van der Waals surface area (Å²) in [5, 5.41) is 8.98. The van der Waals surface area contributed by atoms with Crippen molar-refractivity contribution in [1.82, 2.24) is 4.90 Å². The number of carbonyl (C=O) groups is 3. The summed E-state index contributed by atoms with van der Waals surface area (Å²) in [7, 11) is 0. The first kappa shape index (κ1) is 13.7. The van der Waals surface area contributed by atoms with Crippen molar-refractivity contribution in [2.24, 2.45) is 0 Å². The number of rotatable bonds is 4. The molecular weight excluding hydrogens is 314 g/mol. The minimum atomic E-state index is -1.000. The fourth-order valence-corrected chi connectivity index (χ4v) is 2.41. The zero-order chi connectivity index (χ0) is 14.0. The van der Waals surface area contributed by atoms with Gasteiger partial charge in [-0.15, -0.1) is 0 Å². The normalized spacial score (nSPS) is 16.8. The summed E-state index contributed by atoms with van der Waals surface area (Å²) in [5.41, 5.74) is 0.716. The average Bonchev–Trinajstić information content (AvgIpc) is 2.66. The summed E-state index contributed by atoms with van der Waals surface area (Å²) in [5.74, 6) is -1.48. The van der Waals surface area contributed by atoms with Crippen LogP contribution in [0.3, 0.4) is 0 Å². The van der Waals surface area contributed by atoms with Crippen LogP contribution in [0.1, 0.15) is 24.4 Å². The lowest BCUT2D eigenvalue weighted by atomic mass is 10.0. The summed E-state index contributed by atoms with van der Waals surface area (Å²) in [6, 6.07) is 6.49. The number of nitrogens with zero attached hydrogens (tertiary/aromatic N) is 1. The van der Waals surface area contributed by atoms with Gasteiger partial charge in [0.05, 0.1) is 25.4 Å². The number of halogens is 1. The zero-order valence-corrected chi connectivity index (χ0v) is 11.6. The summed E-state index contributed by atoms with van der Waals surface area (Å²) < 4.78 is 0.870. The highest BCUT2D eigenvalue weighted by Gasteiger charge is 2.34. The Hall–Kier alpha value is -1.69. The minimum Gasteiger partial charge on any atom is -0.481 e. The Kier molecular flexibility index (Phi) is 3.99. The van der Waals surface area contributed by atoms with Crippen LogP contribution in [0, 0.1) is 0 Å². The van der Waals surface area contributed by atoms with Crippen LogP contribution >= 0.6 is 15.9 Å². The summed E-state index contributed by atoms with van der Waals surface area (Å²) in [6.45, 7) is -0.00710. The third-order valence-corrected chi connectivity index (χ3v) is 3.54. The van der Waals surface area contributed by atoms with E-state index in [2.05, 4.69) is 15.9 Å². The van der Waals surface area contributed by atoms with E-state index >= 15 is 0 Å². The molecule has 0 saturated carbocycles. The second kappa shape index (κ2) is 5.52. The topological polar surface area (TPSA) is 74.7 Å². The molecule has 1 fully saturated rings. The van der Waals surface area contributed by atoms with Gasteiger partial charge in [-0.25, -0.2) is 0 Å². The smallest absolute Gasteiger partial charge is 0.305 e. The van der Waals surface area contributed by atoms with Crippen molar-refractivity contribution in [3.05, 3.63) is 34.3 Å². The molecule has 0 spiro atoms. The Morgan fingerprint density at radius 1 is 1.32 bits per heavy atom. The number of aliphatic carboxylic acids is 1. The van der Waals surface area contributed by atoms with E-state index in [1.54, 1.807) is 24.3 Å². The monoisotopic (exact) mass is 325 g/mol. The number of ketones is 1. The Balaban J connectivity index is 2.30. The molecule has 1 aliphatic rings. The van der Waals surface area contributed by atoms with E-state index in [4.69, 9.17) is 5.11 Å². The van der Waals surface area contributed by atoms with Crippen LogP contribution in [0.25, 0.3) is 0 Å². The molecule has 1 amide bonds. The third kappa shape index (κ3) is 3.20. The number of carboxylic acids is 1. The molecule has 1 saturated heterocycles. The molecule has 1 aromatic carbocycles. The molecule has 0 aromatic heterocycles. The van der Waals surface area contributed by atoms with E-state index in [9.17, 15) is 14.4 Å². The lowest BCUT2D eigenvalue weighted by molar-refractivity contribution is -0.140. The Morgan fingerprint density at radius 2 is 1.95 bits per heavy atom. The molecular formula is C13H12BrNO4. The van der Waals surface area contributed by atoms with Crippen molar-refractivity contribution in [3.8, 4) is 0 Å². The quantitative estimate of drug-likeness (QED) is 0.856. The van der Waals surface area contributed by atoms with Gasteiger partial charge in [0.1, 0.15) is 0 Å². The second-order valence-corrected chi connectivity index (χ2v) is 5.32. The fraction of sp³-hybridized carbons (Fsp3) is 0.308. The highest BCUT2D eigenvalue weighted by atomic mass is 79.9. The van der Waals surface area contributed by atoms with Crippen LogP contribution < -0.4 is 0 Å². The second-order valence-electron chi connectivity index (χ2n) is 4.40. The van der Waals surface area contributed by atoms with Crippen LogP contribution in [0.15, 0.2) is 28.7 Å². The molecule has 1 aromatic rings. The van der Waals surface area contributed by atoms with Crippen molar-refractivity contribution in [2.45, 2.75) is 18.9 Å². The van der Waals surface area contributed by atoms with Crippen LogP contribution in [0.5, 0.6) is 0 Å². The van der Waals surface area contributed by atoms with Gasteiger partial charge in [-0.1, -0.05) is 28.1 Å². The van der Waals surface area contributed by atoms with E-state index in [1.807, 2.05) is 0 Å². The lowest BCUT2D eigenvalue weighted by Gasteiger charge is -2.26. The predicted octanol–water partition coefficient (Wildman–Crippen LogP) is 1.77. The zero-order valence-electron chi connectivity index (χ0n) is 10.0. The van der Waals surface area contributed by atoms with Crippen molar-refractivity contribution < 1.29 is 19.5 Å². The standard InChI is InChI=1S/C13H12BrNO4/c14-9-3-1-8(2-4-9)11(6-13(18)19)15-7-10(16)5-12(15)17/h1-4,11H,5-7H2,(H,18,19). The van der Waals surface area contributed by atoms with Crippen molar-refractivity contribution in [1.29, 1.82) is 0 Å².